The highest BCUT2D eigenvalue weighted by molar-refractivity contribution is 9.10. The van der Waals surface area contributed by atoms with E-state index in [4.69, 9.17) is 4.74 Å². The molecule has 0 amide bonds. The molecule has 0 N–H and O–H groups in total. The van der Waals surface area contributed by atoms with Gasteiger partial charge in [-0.15, -0.1) is 0 Å². The first-order valence-corrected chi connectivity index (χ1v) is 6.87. The van der Waals surface area contributed by atoms with E-state index in [0.717, 1.165) is 21.5 Å². The first-order chi connectivity index (χ1) is 9.51. The zero-order valence-corrected chi connectivity index (χ0v) is 13.1. The molecular formula is C15H15BrN2O2. The molecular weight excluding hydrogens is 320 g/mol. The van der Waals surface area contributed by atoms with Gasteiger partial charge in [-0.05, 0) is 43.3 Å². The minimum atomic E-state index is -0.0878. The van der Waals surface area contributed by atoms with Crippen molar-refractivity contribution in [2.45, 2.75) is 6.92 Å². The number of ketones is 1. The van der Waals surface area contributed by atoms with Crippen molar-refractivity contribution in [3.8, 4) is 5.75 Å². The summed E-state index contributed by atoms with van der Waals surface area (Å²) in [7, 11) is 3.36. The first kappa shape index (κ1) is 14.5. The molecule has 0 bridgehead atoms. The van der Waals surface area contributed by atoms with E-state index in [1.807, 2.05) is 25.1 Å². The lowest BCUT2D eigenvalue weighted by Crippen LogP contribution is -2.03. The number of nitrogens with zero attached hydrogens (tertiary/aromatic N) is 2. The molecule has 0 saturated carbocycles. The van der Waals surface area contributed by atoms with Gasteiger partial charge < -0.3 is 4.74 Å². The maximum atomic E-state index is 12.1. The van der Waals surface area contributed by atoms with Crippen LogP contribution in [0.5, 0.6) is 5.75 Å². The molecule has 2 rings (SSSR count). The second-order valence-corrected chi connectivity index (χ2v) is 5.29. The van der Waals surface area contributed by atoms with Crippen LogP contribution in [0.3, 0.4) is 0 Å². The third kappa shape index (κ3) is 3.17. The van der Waals surface area contributed by atoms with Gasteiger partial charge in [0.05, 0.1) is 12.8 Å². The number of carbonyl (C=O) groups excluding carboxylic acids is 1. The fourth-order valence-electron chi connectivity index (χ4n) is 1.93. The van der Waals surface area contributed by atoms with Gasteiger partial charge in [0, 0.05) is 17.1 Å². The molecule has 0 aliphatic carbocycles. The van der Waals surface area contributed by atoms with E-state index in [1.54, 1.807) is 31.0 Å². The fourth-order valence-corrected chi connectivity index (χ4v) is 2.31. The summed E-state index contributed by atoms with van der Waals surface area (Å²) < 4.78 is 7.78. The molecule has 0 aliphatic heterocycles. The quantitative estimate of drug-likeness (QED) is 0.635. The molecule has 1 aromatic carbocycles. The van der Waals surface area contributed by atoms with Gasteiger partial charge >= 0.3 is 0 Å². The molecule has 0 radical (unpaired) electrons. The first-order valence-electron chi connectivity index (χ1n) is 6.08. The number of rotatable bonds is 4. The lowest BCUT2D eigenvalue weighted by atomic mass is 10.1. The van der Waals surface area contributed by atoms with E-state index < -0.39 is 0 Å². The minimum absolute atomic E-state index is 0.0878. The molecule has 0 saturated heterocycles. The second kappa shape index (κ2) is 6.05. The molecule has 1 heterocycles. The molecule has 0 fully saturated rings. The van der Waals surface area contributed by atoms with E-state index in [-0.39, 0.29) is 5.78 Å². The average molecular weight is 335 g/mol. The summed E-state index contributed by atoms with van der Waals surface area (Å²) in [5, 5.41) is 4.16. The van der Waals surface area contributed by atoms with Crippen molar-refractivity contribution in [1.29, 1.82) is 0 Å². The molecule has 0 spiro atoms. The Bertz CT molecular complexity index is 675. The van der Waals surface area contributed by atoms with Crippen LogP contribution in [-0.4, -0.2) is 22.7 Å². The van der Waals surface area contributed by atoms with Crippen LogP contribution in [0.25, 0.3) is 6.08 Å². The number of hydrogen-bond donors (Lipinski definition) is 0. The molecule has 0 aliphatic rings. The van der Waals surface area contributed by atoms with Crippen LogP contribution in [0.1, 0.15) is 21.7 Å². The summed E-state index contributed by atoms with van der Waals surface area (Å²) >= 11 is 3.40. The van der Waals surface area contributed by atoms with Crippen molar-refractivity contribution in [2.24, 2.45) is 7.05 Å². The van der Waals surface area contributed by atoms with E-state index in [1.165, 1.54) is 6.08 Å². The lowest BCUT2D eigenvalue weighted by Gasteiger charge is -2.04. The minimum Gasteiger partial charge on any atom is -0.496 e. The third-order valence-corrected chi connectivity index (χ3v) is 3.35. The predicted octanol–water partition coefficient (Wildman–Crippen LogP) is 3.40. The van der Waals surface area contributed by atoms with E-state index >= 15 is 0 Å². The monoisotopic (exact) mass is 334 g/mol. The summed E-state index contributed by atoms with van der Waals surface area (Å²) in [6, 6.07) is 7.41. The maximum absolute atomic E-state index is 12.1. The van der Waals surface area contributed by atoms with Gasteiger partial charge in [0.1, 0.15) is 11.4 Å². The van der Waals surface area contributed by atoms with Crippen LogP contribution in [0, 0.1) is 6.92 Å². The SMILES string of the molecule is COc1ccc(Br)cc1/C=C/C(=O)c1cc(C)nn1C. The van der Waals surface area contributed by atoms with Crippen LogP contribution >= 0.6 is 15.9 Å². The van der Waals surface area contributed by atoms with Crippen LogP contribution in [0.15, 0.2) is 34.8 Å². The molecule has 104 valence electrons. The molecule has 1 aromatic heterocycles. The van der Waals surface area contributed by atoms with Crippen LogP contribution in [0.2, 0.25) is 0 Å². The van der Waals surface area contributed by atoms with Gasteiger partial charge in [0.15, 0.2) is 0 Å². The van der Waals surface area contributed by atoms with Gasteiger partial charge in [-0.2, -0.15) is 5.10 Å². The van der Waals surface area contributed by atoms with Gasteiger partial charge in [-0.3, -0.25) is 9.48 Å². The van der Waals surface area contributed by atoms with Crippen LogP contribution in [-0.2, 0) is 7.05 Å². The molecule has 0 atom stereocenters. The third-order valence-electron chi connectivity index (χ3n) is 2.86. The standard InChI is InChI=1S/C15H15BrN2O2/c1-10-8-13(18(2)17-10)14(19)6-4-11-9-12(16)5-7-15(11)20-3/h4-9H,1-3H3/b6-4+. The highest BCUT2D eigenvalue weighted by Crippen LogP contribution is 2.24. The highest BCUT2D eigenvalue weighted by Gasteiger charge is 2.09. The van der Waals surface area contributed by atoms with E-state index in [0.29, 0.717) is 5.69 Å². The highest BCUT2D eigenvalue weighted by atomic mass is 79.9. The summed E-state index contributed by atoms with van der Waals surface area (Å²) in [4.78, 5) is 12.1. The summed E-state index contributed by atoms with van der Waals surface area (Å²) in [6.07, 6.45) is 3.27. The Morgan fingerprint density at radius 3 is 2.75 bits per heavy atom. The normalized spacial score (nSPS) is 11.0. The summed E-state index contributed by atoms with van der Waals surface area (Å²) in [5.41, 5.74) is 2.23. The lowest BCUT2D eigenvalue weighted by molar-refractivity contribution is 0.103. The second-order valence-electron chi connectivity index (χ2n) is 4.38. The number of aryl methyl sites for hydroxylation is 2. The van der Waals surface area contributed by atoms with Crippen molar-refractivity contribution in [1.82, 2.24) is 9.78 Å². The van der Waals surface area contributed by atoms with Gasteiger partial charge in [-0.1, -0.05) is 15.9 Å². The van der Waals surface area contributed by atoms with Crippen LogP contribution in [0.4, 0.5) is 0 Å². The Labute approximate surface area is 126 Å². The van der Waals surface area contributed by atoms with Crippen molar-refractivity contribution >= 4 is 27.8 Å². The van der Waals surface area contributed by atoms with Gasteiger partial charge in [0.2, 0.25) is 5.78 Å². The van der Waals surface area contributed by atoms with Crippen molar-refractivity contribution in [2.75, 3.05) is 7.11 Å². The Morgan fingerprint density at radius 2 is 2.15 bits per heavy atom. The van der Waals surface area contributed by atoms with Crippen molar-refractivity contribution < 1.29 is 9.53 Å². The zero-order valence-electron chi connectivity index (χ0n) is 11.6. The number of methoxy groups -OCH3 is 1. The smallest absolute Gasteiger partial charge is 0.203 e. The molecule has 5 heteroatoms. The van der Waals surface area contributed by atoms with Gasteiger partial charge in [-0.25, -0.2) is 0 Å². The Kier molecular flexibility index (Phi) is 4.39. The Hall–Kier alpha value is -1.88. The largest absolute Gasteiger partial charge is 0.496 e. The Morgan fingerprint density at radius 1 is 1.40 bits per heavy atom. The predicted molar refractivity (Wildman–Crippen MR) is 82.0 cm³/mol. The van der Waals surface area contributed by atoms with Crippen LogP contribution < -0.4 is 4.74 Å². The number of ether oxygens (including phenoxy) is 1. The number of benzene rings is 1. The van der Waals surface area contributed by atoms with E-state index in [9.17, 15) is 4.79 Å². The number of halogens is 1. The molecule has 20 heavy (non-hydrogen) atoms. The number of hydrogen-bond acceptors (Lipinski definition) is 3. The van der Waals surface area contributed by atoms with Crippen molar-refractivity contribution in [3.63, 3.8) is 0 Å². The van der Waals surface area contributed by atoms with Gasteiger partial charge in [0.25, 0.3) is 0 Å². The van der Waals surface area contributed by atoms with E-state index in [2.05, 4.69) is 21.0 Å². The fraction of sp³-hybridized carbons (Fsp3) is 0.200. The topological polar surface area (TPSA) is 44.1 Å². The molecule has 0 unspecified atom stereocenters. The number of carbonyl (C=O) groups is 1. The summed E-state index contributed by atoms with van der Waals surface area (Å²) in [6.45, 7) is 1.86. The zero-order chi connectivity index (χ0) is 14.7. The van der Waals surface area contributed by atoms with Crippen molar-refractivity contribution in [3.05, 3.63) is 51.8 Å². The summed E-state index contributed by atoms with van der Waals surface area (Å²) in [5.74, 6) is 0.633. The number of allylic oxidation sites excluding steroid dienone is 1. The molecule has 4 nitrogen and oxygen atoms in total. The Balaban J connectivity index is 2.27. The number of aromatic nitrogens is 2. The average Bonchev–Trinajstić information content (AvgIpc) is 2.75. The molecule has 2 aromatic rings. The maximum Gasteiger partial charge on any atom is 0.203 e.